The second-order valence-corrected chi connectivity index (χ2v) is 3.70. The molecule has 0 spiro atoms. The molecular weight excluding hydrogens is 207 g/mol. The molecule has 0 aliphatic rings. The zero-order valence-corrected chi connectivity index (χ0v) is 8.97. The molecule has 0 atom stereocenters. The minimum absolute atomic E-state index is 0.245. The van der Waals surface area contributed by atoms with Crippen LogP contribution in [-0.4, -0.2) is 17.2 Å². The Labute approximate surface area is 87.6 Å². The summed E-state index contributed by atoms with van der Waals surface area (Å²) in [5, 5.41) is 0.989. The van der Waals surface area contributed by atoms with Crippen LogP contribution in [0.4, 0.5) is 0 Å². The summed E-state index contributed by atoms with van der Waals surface area (Å²) in [6, 6.07) is 1.98. The Morgan fingerprint density at radius 2 is 2.15 bits per heavy atom. The third-order valence-corrected chi connectivity index (χ3v) is 1.87. The molecule has 0 N–H and O–H groups in total. The Bertz CT molecular complexity index is 321. The maximum atomic E-state index is 5.82. The zero-order chi connectivity index (χ0) is 9.84. The lowest BCUT2D eigenvalue weighted by Crippen LogP contribution is -1.92. The maximum Gasteiger partial charge on any atom is 0.137 e. The van der Waals surface area contributed by atoms with Gasteiger partial charge in [-0.05, 0) is 19.9 Å². The Morgan fingerprint density at radius 1 is 1.46 bits per heavy atom. The van der Waals surface area contributed by atoms with E-state index in [2.05, 4.69) is 9.98 Å². The molecule has 0 bridgehead atoms. The van der Waals surface area contributed by atoms with Gasteiger partial charge in [-0.25, -0.2) is 4.98 Å². The lowest BCUT2D eigenvalue weighted by atomic mass is 10.3. The van der Waals surface area contributed by atoms with Crippen LogP contribution < -0.4 is 0 Å². The normalized spacial score (nSPS) is 11.5. The predicted molar refractivity (Wildman–Crippen MR) is 57.0 cm³/mol. The van der Waals surface area contributed by atoms with Gasteiger partial charge in [0.1, 0.15) is 5.15 Å². The number of aromatic nitrogens is 1. The van der Waals surface area contributed by atoms with Crippen LogP contribution in [0.25, 0.3) is 0 Å². The first kappa shape index (κ1) is 10.5. The number of aliphatic imine (C=N–C) groups is 1. The van der Waals surface area contributed by atoms with E-state index in [4.69, 9.17) is 23.2 Å². The highest BCUT2D eigenvalue weighted by Crippen LogP contribution is 2.15. The van der Waals surface area contributed by atoms with Crippen LogP contribution in [0, 0.1) is 0 Å². The number of hydrogen-bond acceptors (Lipinski definition) is 2. The molecule has 1 aromatic heterocycles. The maximum absolute atomic E-state index is 5.82. The van der Waals surface area contributed by atoms with Crippen molar-refractivity contribution in [2.24, 2.45) is 4.99 Å². The van der Waals surface area contributed by atoms with Gasteiger partial charge in [0.25, 0.3) is 0 Å². The SMILES string of the molecule is CC(C)/N=C/c1cc(Cl)cnc1Cl. The van der Waals surface area contributed by atoms with Crippen molar-refractivity contribution < 1.29 is 0 Å². The minimum Gasteiger partial charge on any atom is -0.290 e. The lowest BCUT2D eigenvalue weighted by molar-refractivity contribution is 0.841. The number of rotatable bonds is 2. The Kier molecular flexibility index (Phi) is 3.70. The highest BCUT2D eigenvalue weighted by atomic mass is 35.5. The molecule has 0 amide bonds. The van der Waals surface area contributed by atoms with Gasteiger partial charge in [0.05, 0.1) is 5.02 Å². The van der Waals surface area contributed by atoms with Gasteiger partial charge in [0.2, 0.25) is 0 Å². The molecule has 0 aromatic carbocycles. The van der Waals surface area contributed by atoms with Gasteiger partial charge in [-0.15, -0.1) is 0 Å². The average molecular weight is 217 g/mol. The third kappa shape index (κ3) is 3.33. The molecule has 0 radical (unpaired) electrons. The van der Waals surface area contributed by atoms with Crippen LogP contribution in [-0.2, 0) is 0 Å². The van der Waals surface area contributed by atoms with Crippen molar-refractivity contribution in [3.8, 4) is 0 Å². The second-order valence-electron chi connectivity index (χ2n) is 2.91. The molecule has 0 aliphatic carbocycles. The number of hydrogen-bond donors (Lipinski definition) is 0. The molecule has 0 saturated carbocycles. The van der Waals surface area contributed by atoms with Gasteiger partial charge >= 0.3 is 0 Å². The Hall–Kier alpha value is -0.600. The van der Waals surface area contributed by atoms with E-state index in [1.165, 1.54) is 6.20 Å². The van der Waals surface area contributed by atoms with E-state index < -0.39 is 0 Å². The minimum atomic E-state index is 0.245. The summed E-state index contributed by atoms with van der Waals surface area (Å²) < 4.78 is 0. The first-order valence-electron chi connectivity index (χ1n) is 3.94. The Morgan fingerprint density at radius 3 is 2.77 bits per heavy atom. The molecule has 1 aromatic rings. The van der Waals surface area contributed by atoms with E-state index in [0.29, 0.717) is 10.2 Å². The van der Waals surface area contributed by atoms with Crippen molar-refractivity contribution in [2.45, 2.75) is 19.9 Å². The summed E-state index contributed by atoms with van der Waals surface area (Å²) in [4.78, 5) is 8.09. The van der Waals surface area contributed by atoms with Crippen molar-refractivity contribution in [3.05, 3.63) is 28.0 Å². The van der Waals surface area contributed by atoms with Gasteiger partial charge < -0.3 is 0 Å². The van der Waals surface area contributed by atoms with Crippen molar-refractivity contribution in [2.75, 3.05) is 0 Å². The number of nitrogens with zero attached hydrogens (tertiary/aromatic N) is 2. The lowest BCUT2D eigenvalue weighted by Gasteiger charge is -1.98. The standard InChI is InChI=1S/C9H10Cl2N2/c1-6(2)12-4-7-3-8(10)5-13-9(7)11/h3-6H,1-2H3/b12-4+. The highest BCUT2D eigenvalue weighted by molar-refractivity contribution is 6.33. The van der Waals surface area contributed by atoms with Gasteiger partial charge in [0, 0.05) is 24.0 Å². The largest absolute Gasteiger partial charge is 0.290 e. The van der Waals surface area contributed by atoms with Crippen LogP contribution in [0.2, 0.25) is 10.2 Å². The molecule has 13 heavy (non-hydrogen) atoms. The number of pyridine rings is 1. The monoisotopic (exact) mass is 216 g/mol. The average Bonchev–Trinajstić information content (AvgIpc) is 2.06. The molecule has 2 nitrogen and oxygen atoms in total. The molecule has 0 saturated heterocycles. The molecule has 0 fully saturated rings. The van der Waals surface area contributed by atoms with Crippen molar-refractivity contribution in [3.63, 3.8) is 0 Å². The molecule has 70 valence electrons. The summed E-state index contributed by atoms with van der Waals surface area (Å²) >= 11 is 11.6. The second kappa shape index (κ2) is 4.58. The van der Waals surface area contributed by atoms with Crippen molar-refractivity contribution >= 4 is 29.4 Å². The van der Waals surface area contributed by atoms with Gasteiger partial charge in [0.15, 0.2) is 0 Å². The van der Waals surface area contributed by atoms with Crippen LogP contribution >= 0.6 is 23.2 Å². The van der Waals surface area contributed by atoms with Gasteiger partial charge in [-0.1, -0.05) is 23.2 Å². The smallest absolute Gasteiger partial charge is 0.137 e. The van der Waals surface area contributed by atoms with Crippen LogP contribution in [0.3, 0.4) is 0 Å². The van der Waals surface area contributed by atoms with E-state index in [-0.39, 0.29) is 6.04 Å². The first-order chi connectivity index (χ1) is 6.09. The van der Waals surface area contributed by atoms with Gasteiger partial charge in [-0.2, -0.15) is 0 Å². The Balaban J connectivity index is 2.93. The molecular formula is C9H10Cl2N2. The summed E-state index contributed by atoms with van der Waals surface area (Å²) in [6.45, 7) is 3.98. The van der Waals surface area contributed by atoms with E-state index in [1.54, 1.807) is 12.3 Å². The molecule has 0 aliphatic heterocycles. The molecule has 0 unspecified atom stereocenters. The first-order valence-corrected chi connectivity index (χ1v) is 4.69. The molecule has 1 rings (SSSR count). The van der Waals surface area contributed by atoms with Crippen LogP contribution in [0.1, 0.15) is 19.4 Å². The molecule has 1 heterocycles. The fourth-order valence-electron chi connectivity index (χ4n) is 0.758. The zero-order valence-electron chi connectivity index (χ0n) is 7.46. The van der Waals surface area contributed by atoms with E-state index in [9.17, 15) is 0 Å². The van der Waals surface area contributed by atoms with Crippen molar-refractivity contribution in [1.82, 2.24) is 4.98 Å². The van der Waals surface area contributed by atoms with Crippen LogP contribution in [0.5, 0.6) is 0 Å². The third-order valence-electron chi connectivity index (χ3n) is 1.34. The molecule has 4 heteroatoms. The van der Waals surface area contributed by atoms with E-state index in [1.807, 2.05) is 13.8 Å². The van der Waals surface area contributed by atoms with E-state index >= 15 is 0 Å². The fraction of sp³-hybridized carbons (Fsp3) is 0.333. The van der Waals surface area contributed by atoms with Crippen LogP contribution in [0.15, 0.2) is 17.3 Å². The summed E-state index contributed by atoms with van der Waals surface area (Å²) in [6.07, 6.45) is 3.20. The van der Waals surface area contributed by atoms with Gasteiger partial charge in [-0.3, -0.25) is 4.99 Å². The highest BCUT2D eigenvalue weighted by Gasteiger charge is 1.99. The van der Waals surface area contributed by atoms with Crippen molar-refractivity contribution in [1.29, 1.82) is 0 Å². The number of halogens is 2. The fourth-order valence-corrected chi connectivity index (χ4v) is 1.08. The predicted octanol–water partition coefficient (Wildman–Crippen LogP) is 3.22. The van der Waals surface area contributed by atoms with E-state index in [0.717, 1.165) is 5.56 Å². The quantitative estimate of drug-likeness (QED) is 0.551. The summed E-state index contributed by atoms with van der Waals surface area (Å²) in [5.74, 6) is 0. The summed E-state index contributed by atoms with van der Waals surface area (Å²) in [7, 11) is 0. The topological polar surface area (TPSA) is 25.2 Å². The summed E-state index contributed by atoms with van der Waals surface area (Å²) in [5.41, 5.74) is 0.753.